The largest absolute Gasteiger partial charge is 0.478 e. The molecule has 0 aliphatic carbocycles. The summed E-state index contributed by atoms with van der Waals surface area (Å²) in [6.45, 7) is 1.30. The van der Waals surface area contributed by atoms with Crippen molar-refractivity contribution in [2.24, 2.45) is 5.73 Å². The number of rotatable bonds is 4. The SMILES string of the molecule is NCCCOc1ccc(I)cn1. The smallest absolute Gasteiger partial charge is 0.213 e. The van der Waals surface area contributed by atoms with Crippen molar-refractivity contribution in [2.75, 3.05) is 13.2 Å². The first-order chi connectivity index (χ1) is 5.83. The topological polar surface area (TPSA) is 48.1 Å². The molecule has 1 aromatic heterocycles. The number of halogens is 1. The number of nitrogens with two attached hydrogens (primary N) is 1. The first-order valence-electron chi connectivity index (χ1n) is 3.77. The van der Waals surface area contributed by atoms with Crippen LogP contribution in [0.15, 0.2) is 18.3 Å². The van der Waals surface area contributed by atoms with Gasteiger partial charge in [-0.05, 0) is 41.6 Å². The lowest BCUT2D eigenvalue weighted by atomic mass is 10.4. The molecule has 0 saturated carbocycles. The fourth-order valence-electron chi connectivity index (χ4n) is 0.708. The van der Waals surface area contributed by atoms with Gasteiger partial charge in [-0.2, -0.15) is 0 Å². The quantitative estimate of drug-likeness (QED) is 0.669. The zero-order valence-electron chi connectivity index (χ0n) is 6.66. The monoisotopic (exact) mass is 278 g/mol. The van der Waals surface area contributed by atoms with E-state index in [1.54, 1.807) is 6.20 Å². The van der Waals surface area contributed by atoms with Crippen LogP contribution in [0.1, 0.15) is 6.42 Å². The fraction of sp³-hybridized carbons (Fsp3) is 0.375. The predicted octanol–water partition coefficient (Wildman–Crippen LogP) is 1.41. The van der Waals surface area contributed by atoms with Gasteiger partial charge in [-0.25, -0.2) is 4.98 Å². The fourth-order valence-corrected chi connectivity index (χ4v) is 1.03. The van der Waals surface area contributed by atoms with Crippen molar-refractivity contribution < 1.29 is 4.74 Å². The Bertz CT molecular complexity index is 225. The molecular weight excluding hydrogens is 267 g/mol. The van der Waals surface area contributed by atoms with Gasteiger partial charge < -0.3 is 10.5 Å². The minimum atomic E-state index is 0.643. The van der Waals surface area contributed by atoms with Gasteiger partial charge in [-0.15, -0.1) is 0 Å². The number of aromatic nitrogens is 1. The number of pyridine rings is 1. The third-order valence-electron chi connectivity index (χ3n) is 1.30. The van der Waals surface area contributed by atoms with Gasteiger partial charge in [-0.1, -0.05) is 0 Å². The normalized spacial score (nSPS) is 9.83. The lowest BCUT2D eigenvalue weighted by Crippen LogP contribution is -2.06. The molecule has 1 aromatic rings. The number of hydrogen-bond donors (Lipinski definition) is 1. The number of nitrogens with zero attached hydrogens (tertiary/aromatic N) is 1. The molecule has 0 radical (unpaired) electrons. The van der Waals surface area contributed by atoms with Crippen molar-refractivity contribution >= 4 is 22.6 Å². The maximum Gasteiger partial charge on any atom is 0.213 e. The van der Waals surface area contributed by atoms with Crippen LogP contribution in [0.4, 0.5) is 0 Å². The summed E-state index contributed by atoms with van der Waals surface area (Å²) in [6, 6.07) is 3.82. The zero-order chi connectivity index (χ0) is 8.81. The van der Waals surface area contributed by atoms with Crippen LogP contribution in [0.3, 0.4) is 0 Å². The minimum absolute atomic E-state index is 0.643. The Labute approximate surface area is 85.5 Å². The highest BCUT2D eigenvalue weighted by atomic mass is 127. The van der Waals surface area contributed by atoms with Crippen LogP contribution in [-0.4, -0.2) is 18.1 Å². The highest BCUT2D eigenvalue weighted by Gasteiger charge is 1.93. The molecule has 2 N–H and O–H groups in total. The summed E-state index contributed by atoms with van der Waals surface area (Å²) in [6.07, 6.45) is 2.64. The van der Waals surface area contributed by atoms with Crippen LogP contribution in [0, 0.1) is 3.57 Å². The van der Waals surface area contributed by atoms with Gasteiger partial charge in [0, 0.05) is 15.8 Å². The second-order valence-corrected chi connectivity index (χ2v) is 3.55. The van der Waals surface area contributed by atoms with Crippen LogP contribution in [0.2, 0.25) is 0 Å². The van der Waals surface area contributed by atoms with Gasteiger partial charge in [0.15, 0.2) is 0 Å². The van der Waals surface area contributed by atoms with E-state index in [9.17, 15) is 0 Å². The Hall–Kier alpha value is -0.360. The second kappa shape index (κ2) is 5.31. The molecule has 1 rings (SSSR count). The molecule has 1 heterocycles. The molecule has 0 fully saturated rings. The molecule has 4 heteroatoms. The molecule has 0 atom stereocenters. The molecule has 66 valence electrons. The van der Waals surface area contributed by atoms with Crippen LogP contribution < -0.4 is 10.5 Å². The average molecular weight is 278 g/mol. The van der Waals surface area contributed by atoms with E-state index in [2.05, 4.69) is 27.6 Å². The lowest BCUT2D eigenvalue weighted by molar-refractivity contribution is 0.301. The van der Waals surface area contributed by atoms with Gasteiger partial charge in [0.2, 0.25) is 5.88 Å². The number of ether oxygens (including phenoxy) is 1. The summed E-state index contributed by atoms with van der Waals surface area (Å²) in [7, 11) is 0. The van der Waals surface area contributed by atoms with E-state index in [4.69, 9.17) is 10.5 Å². The van der Waals surface area contributed by atoms with Gasteiger partial charge >= 0.3 is 0 Å². The van der Waals surface area contributed by atoms with Gasteiger partial charge in [0.1, 0.15) is 0 Å². The molecular formula is C8H11IN2O. The standard InChI is InChI=1S/C8H11IN2O/c9-7-2-3-8(11-6-7)12-5-1-4-10/h2-3,6H,1,4-5,10H2. The summed E-state index contributed by atoms with van der Waals surface area (Å²) >= 11 is 2.20. The highest BCUT2D eigenvalue weighted by molar-refractivity contribution is 14.1. The molecule has 0 unspecified atom stereocenters. The molecule has 0 saturated heterocycles. The third kappa shape index (κ3) is 3.36. The van der Waals surface area contributed by atoms with Crippen molar-refractivity contribution in [3.05, 3.63) is 21.9 Å². The van der Waals surface area contributed by atoms with E-state index in [-0.39, 0.29) is 0 Å². The van der Waals surface area contributed by atoms with Crippen LogP contribution in [0.25, 0.3) is 0 Å². The second-order valence-electron chi connectivity index (χ2n) is 2.31. The third-order valence-corrected chi connectivity index (χ3v) is 1.94. The highest BCUT2D eigenvalue weighted by Crippen LogP contribution is 2.08. The molecule has 0 spiro atoms. The van der Waals surface area contributed by atoms with Crippen LogP contribution in [0.5, 0.6) is 5.88 Å². The maximum absolute atomic E-state index is 5.32. The summed E-state index contributed by atoms with van der Waals surface area (Å²) in [5.74, 6) is 0.670. The summed E-state index contributed by atoms with van der Waals surface area (Å²) in [5, 5.41) is 0. The Kier molecular flexibility index (Phi) is 4.31. The van der Waals surface area contributed by atoms with E-state index < -0.39 is 0 Å². The Balaban J connectivity index is 2.37. The van der Waals surface area contributed by atoms with Gasteiger partial charge in [-0.3, -0.25) is 0 Å². The average Bonchev–Trinajstić information content (AvgIpc) is 2.09. The predicted molar refractivity (Wildman–Crippen MR) is 56.1 cm³/mol. The van der Waals surface area contributed by atoms with Crippen LogP contribution >= 0.6 is 22.6 Å². The van der Waals surface area contributed by atoms with Gasteiger partial charge in [0.05, 0.1) is 6.61 Å². The minimum Gasteiger partial charge on any atom is -0.478 e. The van der Waals surface area contributed by atoms with Crippen LogP contribution in [-0.2, 0) is 0 Å². The first kappa shape index (κ1) is 9.73. The van der Waals surface area contributed by atoms with Crippen molar-refractivity contribution in [1.29, 1.82) is 0 Å². The van der Waals surface area contributed by atoms with E-state index in [0.717, 1.165) is 9.99 Å². The zero-order valence-corrected chi connectivity index (χ0v) is 8.82. The summed E-state index contributed by atoms with van der Waals surface area (Å²) < 4.78 is 6.42. The molecule has 0 amide bonds. The van der Waals surface area contributed by atoms with Crippen molar-refractivity contribution in [1.82, 2.24) is 4.98 Å². The molecule has 0 aliphatic rings. The van der Waals surface area contributed by atoms with E-state index >= 15 is 0 Å². The Morgan fingerprint density at radius 1 is 1.50 bits per heavy atom. The van der Waals surface area contributed by atoms with Crippen molar-refractivity contribution in [3.63, 3.8) is 0 Å². The first-order valence-corrected chi connectivity index (χ1v) is 4.85. The van der Waals surface area contributed by atoms with E-state index in [1.165, 1.54) is 0 Å². The molecule has 0 aliphatic heterocycles. The van der Waals surface area contributed by atoms with Gasteiger partial charge in [0.25, 0.3) is 0 Å². The van der Waals surface area contributed by atoms with Crippen molar-refractivity contribution in [3.8, 4) is 5.88 Å². The molecule has 0 bridgehead atoms. The Morgan fingerprint density at radius 2 is 2.33 bits per heavy atom. The van der Waals surface area contributed by atoms with Crippen molar-refractivity contribution in [2.45, 2.75) is 6.42 Å². The molecule has 3 nitrogen and oxygen atoms in total. The maximum atomic E-state index is 5.32. The van der Waals surface area contributed by atoms with E-state index in [1.807, 2.05) is 12.1 Å². The summed E-state index contributed by atoms with van der Waals surface area (Å²) in [4.78, 5) is 4.08. The molecule has 0 aromatic carbocycles. The number of hydrogen-bond acceptors (Lipinski definition) is 3. The Morgan fingerprint density at radius 3 is 2.92 bits per heavy atom. The lowest BCUT2D eigenvalue weighted by Gasteiger charge is -2.02. The van der Waals surface area contributed by atoms with E-state index in [0.29, 0.717) is 19.0 Å². The molecule has 12 heavy (non-hydrogen) atoms. The summed E-state index contributed by atoms with van der Waals surface area (Å²) in [5.41, 5.74) is 5.32.